The molecule has 0 aliphatic carbocycles. The molecule has 2 aromatic rings. The average Bonchev–Trinajstić information content (AvgIpc) is 2.96. The fourth-order valence-electron chi connectivity index (χ4n) is 3.00. The van der Waals surface area contributed by atoms with Gasteiger partial charge in [-0.25, -0.2) is 0 Å². The van der Waals surface area contributed by atoms with Crippen molar-refractivity contribution in [2.75, 3.05) is 11.9 Å². The van der Waals surface area contributed by atoms with Crippen LogP contribution in [0, 0.1) is 11.3 Å². The molecule has 1 aliphatic heterocycles. The lowest BCUT2D eigenvalue weighted by Crippen LogP contribution is -2.34. The van der Waals surface area contributed by atoms with Crippen LogP contribution >= 0.6 is 0 Å². The zero-order chi connectivity index (χ0) is 20.8. The van der Waals surface area contributed by atoms with Crippen LogP contribution in [-0.2, 0) is 16.1 Å². The number of nitrogens with zero attached hydrogens (tertiary/aromatic N) is 2. The van der Waals surface area contributed by atoms with Gasteiger partial charge in [-0.15, -0.1) is 0 Å². The molecule has 0 saturated carbocycles. The highest BCUT2D eigenvalue weighted by Gasteiger charge is 2.34. The van der Waals surface area contributed by atoms with E-state index >= 15 is 0 Å². The summed E-state index contributed by atoms with van der Waals surface area (Å²) < 4.78 is 0. The Morgan fingerprint density at radius 1 is 0.931 bits per heavy atom. The number of amides is 4. The number of fused-ring (bicyclic) bond motifs is 1. The Morgan fingerprint density at radius 3 is 2.21 bits per heavy atom. The Hall–Kier alpha value is -3.99. The van der Waals surface area contributed by atoms with Crippen molar-refractivity contribution in [2.45, 2.75) is 19.4 Å². The normalized spacial score (nSPS) is 12.3. The summed E-state index contributed by atoms with van der Waals surface area (Å²) in [6, 6.07) is 15.2. The van der Waals surface area contributed by atoms with Crippen molar-refractivity contribution in [3.05, 3.63) is 65.2 Å². The van der Waals surface area contributed by atoms with E-state index in [-0.39, 0.29) is 31.8 Å². The Bertz CT molecular complexity index is 990. The largest absolute Gasteiger partial charge is 0.352 e. The molecule has 0 radical (unpaired) electrons. The van der Waals surface area contributed by atoms with Crippen LogP contribution in [0.3, 0.4) is 0 Å². The quantitative estimate of drug-likeness (QED) is 0.699. The van der Waals surface area contributed by atoms with Crippen molar-refractivity contribution in [3.63, 3.8) is 0 Å². The highest BCUT2D eigenvalue weighted by molar-refractivity contribution is 6.21. The highest BCUT2D eigenvalue weighted by atomic mass is 16.2. The van der Waals surface area contributed by atoms with Crippen LogP contribution in [0.4, 0.5) is 5.69 Å². The van der Waals surface area contributed by atoms with Crippen LogP contribution < -0.4 is 10.6 Å². The van der Waals surface area contributed by atoms with Crippen molar-refractivity contribution >= 4 is 29.3 Å². The smallest absolute Gasteiger partial charge is 0.261 e. The summed E-state index contributed by atoms with van der Waals surface area (Å²) >= 11 is 0. The number of carbonyl (C=O) groups excluding carboxylic acids is 4. The molecule has 0 bridgehead atoms. The standard InChI is InChI=1S/C21H18N4O4/c22-11-9-19(27)24-17-8-4-1-5-14(17)13-23-18(26)10-12-25-20(28)15-6-2-3-7-16(15)21(25)29/h1-8H,9-10,12-13H2,(H,23,26)(H,24,27). The minimum absolute atomic E-state index is 0.0151. The van der Waals surface area contributed by atoms with Crippen molar-refractivity contribution in [1.82, 2.24) is 10.2 Å². The number of rotatable bonds is 7. The van der Waals surface area contributed by atoms with Gasteiger partial charge in [0.2, 0.25) is 11.8 Å². The molecule has 0 atom stereocenters. The first-order chi connectivity index (χ1) is 14.0. The molecule has 29 heavy (non-hydrogen) atoms. The number of para-hydroxylation sites is 1. The lowest BCUT2D eigenvalue weighted by molar-refractivity contribution is -0.121. The van der Waals surface area contributed by atoms with Crippen molar-refractivity contribution < 1.29 is 19.2 Å². The maximum Gasteiger partial charge on any atom is 0.261 e. The van der Waals surface area contributed by atoms with E-state index in [1.54, 1.807) is 54.6 Å². The number of benzene rings is 2. The molecular formula is C21H18N4O4. The second kappa shape index (κ2) is 8.80. The van der Waals surface area contributed by atoms with Crippen LogP contribution in [0.15, 0.2) is 48.5 Å². The number of imide groups is 1. The van der Waals surface area contributed by atoms with E-state index in [1.807, 2.05) is 0 Å². The molecule has 8 heteroatoms. The van der Waals surface area contributed by atoms with Crippen LogP contribution in [-0.4, -0.2) is 35.1 Å². The van der Waals surface area contributed by atoms with E-state index in [0.29, 0.717) is 22.4 Å². The fraction of sp³-hybridized carbons (Fsp3) is 0.190. The molecule has 8 nitrogen and oxygen atoms in total. The van der Waals surface area contributed by atoms with Crippen molar-refractivity contribution in [1.29, 1.82) is 5.26 Å². The summed E-state index contributed by atoms with van der Waals surface area (Å²) in [4.78, 5) is 49.5. The van der Waals surface area contributed by atoms with Crippen LogP contribution in [0.2, 0.25) is 0 Å². The summed E-state index contributed by atoms with van der Waals surface area (Å²) in [7, 11) is 0. The predicted molar refractivity (Wildman–Crippen MR) is 104 cm³/mol. The van der Waals surface area contributed by atoms with Gasteiger partial charge in [-0.2, -0.15) is 5.26 Å². The van der Waals surface area contributed by atoms with E-state index in [2.05, 4.69) is 10.6 Å². The maximum absolute atomic E-state index is 12.3. The molecule has 0 spiro atoms. The van der Waals surface area contributed by atoms with Gasteiger partial charge in [-0.1, -0.05) is 30.3 Å². The predicted octanol–water partition coefficient (Wildman–Crippen LogP) is 1.84. The van der Waals surface area contributed by atoms with Gasteiger partial charge in [0.1, 0.15) is 6.42 Å². The van der Waals surface area contributed by atoms with Crippen LogP contribution in [0.1, 0.15) is 39.1 Å². The zero-order valence-electron chi connectivity index (χ0n) is 15.5. The number of nitriles is 1. The topological polar surface area (TPSA) is 119 Å². The fourth-order valence-corrected chi connectivity index (χ4v) is 3.00. The Kier molecular flexibility index (Phi) is 6.00. The summed E-state index contributed by atoms with van der Waals surface area (Å²) in [5.41, 5.74) is 1.88. The molecule has 3 rings (SSSR count). The second-order valence-corrected chi connectivity index (χ2v) is 6.37. The molecule has 1 aliphatic rings. The molecule has 4 amide bonds. The van der Waals surface area contributed by atoms with Crippen LogP contribution in [0.5, 0.6) is 0 Å². The summed E-state index contributed by atoms with van der Waals surface area (Å²) in [5.74, 6) is -1.57. The first kappa shape index (κ1) is 19.8. The number of carbonyl (C=O) groups is 4. The first-order valence-electron chi connectivity index (χ1n) is 8.98. The number of hydrogen-bond acceptors (Lipinski definition) is 5. The molecule has 2 aromatic carbocycles. The van der Waals surface area contributed by atoms with Crippen LogP contribution in [0.25, 0.3) is 0 Å². The zero-order valence-corrected chi connectivity index (χ0v) is 15.5. The number of nitrogens with one attached hydrogen (secondary N) is 2. The van der Waals surface area contributed by atoms with Gasteiger partial charge in [-0.05, 0) is 23.8 Å². The van der Waals surface area contributed by atoms with E-state index in [0.717, 1.165) is 4.90 Å². The van der Waals surface area contributed by atoms with Gasteiger partial charge in [0.25, 0.3) is 11.8 Å². The minimum Gasteiger partial charge on any atom is -0.352 e. The monoisotopic (exact) mass is 390 g/mol. The highest BCUT2D eigenvalue weighted by Crippen LogP contribution is 2.22. The Balaban J connectivity index is 1.54. The summed E-state index contributed by atoms with van der Waals surface area (Å²) in [6.07, 6.45) is -0.296. The molecule has 0 fully saturated rings. The van der Waals surface area contributed by atoms with Gasteiger partial charge in [0, 0.05) is 25.2 Å². The third kappa shape index (κ3) is 4.47. The third-order valence-corrected chi connectivity index (χ3v) is 4.45. The Labute approximate surface area is 167 Å². The van der Waals surface area contributed by atoms with E-state index < -0.39 is 17.7 Å². The van der Waals surface area contributed by atoms with Crippen molar-refractivity contribution in [2.24, 2.45) is 0 Å². The van der Waals surface area contributed by atoms with Crippen molar-refractivity contribution in [3.8, 4) is 6.07 Å². The molecule has 0 aromatic heterocycles. The molecule has 2 N–H and O–H groups in total. The summed E-state index contributed by atoms with van der Waals surface area (Å²) in [6.45, 7) is 0.142. The minimum atomic E-state index is -0.433. The lowest BCUT2D eigenvalue weighted by Gasteiger charge is -2.14. The first-order valence-corrected chi connectivity index (χ1v) is 8.98. The SMILES string of the molecule is N#CCC(=O)Nc1ccccc1CNC(=O)CCN1C(=O)c2ccccc2C1=O. The molecule has 146 valence electrons. The molecular weight excluding hydrogens is 372 g/mol. The van der Waals surface area contributed by atoms with Gasteiger partial charge < -0.3 is 10.6 Å². The van der Waals surface area contributed by atoms with E-state index in [4.69, 9.17) is 5.26 Å². The van der Waals surface area contributed by atoms with Gasteiger partial charge in [0.05, 0.1) is 17.2 Å². The van der Waals surface area contributed by atoms with Gasteiger partial charge >= 0.3 is 0 Å². The van der Waals surface area contributed by atoms with E-state index in [1.165, 1.54) is 0 Å². The maximum atomic E-state index is 12.3. The lowest BCUT2D eigenvalue weighted by atomic mass is 10.1. The van der Waals surface area contributed by atoms with E-state index in [9.17, 15) is 19.2 Å². The average molecular weight is 390 g/mol. The molecule has 1 heterocycles. The molecule has 0 unspecified atom stereocenters. The number of anilines is 1. The molecule has 0 saturated heterocycles. The van der Waals surface area contributed by atoms with Gasteiger partial charge in [0.15, 0.2) is 0 Å². The number of hydrogen-bond donors (Lipinski definition) is 2. The Morgan fingerprint density at radius 2 is 1.55 bits per heavy atom. The third-order valence-electron chi connectivity index (χ3n) is 4.45. The second-order valence-electron chi connectivity index (χ2n) is 6.37. The summed E-state index contributed by atoms with van der Waals surface area (Å²) in [5, 5.41) is 13.9. The van der Waals surface area contributed by atoms with Gasteiger partial charge in [-0.3, -0.25) is 24.1 Å².